The number of carbonyl (C=O) groups is 1. The van der Waals surface area contributed by atoms with Crippen LogP contribution in [0.25, 0.3) is 0 Å². The van der Waals surface area contributed by atoms with Gasteiger partial charge in [0.15, 0.2) is 0 Å². The summed E-state index contributed by atoms with van der Waals surface area (Å²) in [4.78, 5) is 12.2. The van der Waals surface area contributed by atoms with Crippen molar-refractivity contribution in [1.29, 1.82) is 0 Å². The molecular weight excluding hydrogens is 333 g/mol. The highest BCUT2D eigenvalue weighted by atomic mass is 35.5. The Balaban J connectivity index is 2.28. The molecule has 0 bridgehead atoms. The summed E-state index contributed by atoms with van der Waals surface area (Å²) in [5.41, 5.74) is 5.40. The van der Waals surface area contributed by atoms with Gasteiger partial charge < -0.3 is 5.32 Å². The first-order chi connectivity index (χ1) is 11.1. The van der Waals surface area contributed by atoms with Crippen molar-refractivity contribution in [3.63, 3.8) is 0 Å². The van der Waals surface area contributed by atoms with E-state index in [1.807, 2.05) is 26.1 Å². The Morgan fingerprint density at radius 1 is 1.13 bits per heavy atom. The molecule has 2 aromatic carbocycles. The van der Waals surface area contributed by atoms with E-state index in [2.05, 4.69) is 15.8 Å². The molecule has 0 aliphatic heterocycles. The van der Waals surface area contributed by atoms with Gasteiger partial charge in [-0.05, 0) is 36.8 Å². The number of hydrogen-bond donors (Lipinski definition) is 2. The van der Waals surface area contributed by atoms with E-state index in [4.69, 9.17) is 23.2 Å². The summed E-state index contributed by atoms with van der Waals surface area (Å²) >= 11 is 12.1. The van der Waals surface area contributed by atoms with Crippen molar-refractivity contribution in [2.75, 3.05) is 12.4 Å². The zero-order valence-corrected chi connectivity index (χ0v) is 14.4. The Morgan fingerprint density at radius 2 is 1.87 bits per heavy atom. The molecule has 23 heavy (non-hydrogen) atoms. The predicted molar refractivity (Wildman–Crippen MR) is 96.7 cm³/mol. The molecule has 0 spiro atoms. The van der Waals surface area contributed by atoms with E-state index < -0.39 is 0 Å². The van der Waals surface area contributed by atoms with E-state index in [1.54, 1.807) is 30.3 Å². The van der Waals surface area contributed by atoms with Gasteiger partial charge in [0.25, 0.3) is 5.91 Å². The van der Waals surface area contributed by atoms with Crippen LogP contribution < -0.4 is 10.7 Å². The predicted octanol–water partition coefficient (Wildman–Crippen LogP) is 4.58. The maximum absolute atomic E-state index is 12.2. The molecule has 120 valence electrons. The Bertz CT molecular complexity index is 744. The molecule has 0 aliphatic carbocycles. The van der Waals surface area contributed by atoms with Crippen LogP contribution >= 0.6 is 23.2 Å². The molecule has 0 aliphatic rings. The van der Waals surface area contributed by atoms with Crippen LogP contribution in [0.1, 0.15) is 29.3 Å². The van der Waals surface area contributed by atoms with Crippen LogP contribution in [-0.2, 0) is 0 Å². The second-order valence-corrected chi connectivity index (χ2v) is 5.62. The number of nitrogens with one attached hydrogen (secondary N) is 2. The van der Waals surface area contributed by atoms with Gasteiger partial charge in [-0.2, -0.15) is 5.10 Å². The summed E-state index contributed by atoms with van der Waals surface area (Å²) in [6, 6.07) is 12.3. The molecule has 0 aromatic heterocycles. The maximum Gasteiger partial charge on any atom is 0.272 e. The van der Waals surface area contributed by atoms with Crippen LogP contribution in [0, 0.1) is 0 Å². The number of benzene rings is 2. The molecule has 0 saturated carbocycles. The number of nitrogens with zero attached hydrogens (tertiary/aromatic N) is 1. The van der Waals surface area contributed by atoms with Crippen molar-refractivity contribution in [3.8, 4) is 0 Å². The van der Waals surface area contributed by atoms with Gasteiger partial charge in [-0.3, -0.25) is 4.79 Å². The third-order valence-corrected chi connectivity index (χ3v) is 3.87. The standard InChI is InChI=1S/C17H17Cl2N3O/c1-3-15(13-10-11(18)8-9-16(13)20-2)21-22-17(23)12-6-4-5-7-14(12)19/h4-10,20H,3H2,1-2H3,(H,22,23)/b21-15+. The fourth-order valence-electron chi connectivity index (χ4n) is 2.13. The van der Waals surface area contributed by atoms with Crippen LogP contribution in [0.4, 0.5) is 5.69 Å². The van der Waals surface area contributed by atoms with Gasteiger partial charge in [0, 0.05) is 23.3 Å². The van der Waals surface area contributed by atoms with Crippen molar-refractivity contribution >= 4 is 40.5 Å². The summed E-state index contributed by atoms with van der Waals surface area (Å²) in [5.74, 6) is -0.352. The number of carbonyl (C=O) groups excluding carboxylic acids is 1. The fourth-order valence-corrected chi connectivity index (χ4v) is 2.52. The van der Waals surface area contributed by atoms with Crippen LogP contribution in [-0.4, -0.2) is 18.7 Å². The van der Waals surface area contributed by atoms with Gasteiger partial charge in [0.2, 0.25) is 0 Å². The quantitative estimate of drug-likeness (QED) is 0.613. The largest absolute Gasteiger partial charge is 0.388 e. The highest BCUT2D eigenvalue weighted by Gasteiger charge is 2.11. The van der Waals surface area contributed by atoms with Crippen LogP contribution in [0.5, 0.6) is 0 Å². The summed E-state index contributed by atoms with van der Waals surface area (Å²) in [5, 5.41) is 8.33. The summed E-state index contributed by atoms with van der Waals surface area (Å²) in [6.07, 6.45) is 0.637. The SMILES string of the molecule is CC/C(=N\NC(=O)c1ccccc1Cl)c1cc(Cl)ccc1NC. The molecule has 0 fully saturated rings. The first-order valence-corrected chi connectivity index (χ1v) is 7.91. The fraction of sp³-hybridized carbons (Fsp3) is 0.176. The van der Waals surface area contributed by atoms with E-state index in [1.165, 1.54) is 0 Å². The van der Waals surface area contributed by atoms with E-state index >= 15 is 0 Å². The number of anilines is 1. The molecule has 2 rings (SSSR count). The molecule has 1 amide bonds. The normalized spacial score (nSPS) is 11.2. The number of halogens is 2. The third-order valence-electron chi connectivity index (χ3n) is 3.31. The number of amides is 1. The molecular formula is C17H17Cl2N3O. The van der Waals surface area contributed by atoms with Crippen molar-refractivity contribution in [3.05, 3.63) is 63.6 Å². The zero-order chi connectivity index (χ0) is 16.8. The van der Waals surface area contributed by atoms with E-state index in [0.717, 1.165) is 17.0 Å². The lowest BCUT2D eigenvalue weighted by Gasteiger charge is -2.11. The average Bonchev–Trinajstić information content (AvgIpc) is 2.56. The molecule has 0 atom stereocenters. The molecule has 2 aromatic rings. The Labute approximate surface area is 145 Å². The van der Waals surface area contributed by atoms with Gasteiger partial charge in [0.05, 0.1) is 16.3 Å². The van der Waals surface area contributed by atoms with Crippen molar-refractivity contribution in [2.45, 2.75) is 13.3 Å². The Kier molecular flexibility index (Phi) is 6.02. The van der Waals surface area contributed by atoms with E-state index in [-0.39, 0.29) is 5.91 Å². The lowest BCUT2D eigenvalue weighted by atomic mass is 10.1. The highest BCUT2D eigenvalue weighted by molar-refractivity contribution is 6.33. The lowest BCUT2D eigenvalue weighted by Crippen LogP contribution is -2.20. The van der Waals surface area contributed by atoms with Gasteiger partial charge in [-0.25, -0.2) is 5.43 Å². The molecule has 0 saturated heterocycles. The third kappa shape index (κ3) is 4.24. The van der Waals surface area contributed by atoms with Crippen molar-refractivity contribution in [1.82, 2.24) is 5.43 Å². The van der Waals surface area contributed by atoms with Crippen LogP contribution in [0.15, 0.2) is 47.6 Å². The summed E-state index contributed by atoms with van der Waals surface area (Å²) in [7, 11) is 1.82. The first-order valence-electron chi connectivity index (χ1n) is 7.16. The molecule has 0 unspecified atom stereocenters. The van der Waals surface area contributed by atoms with Crippen LogP contribution in [0.3, 0.4) is 0 Å². The van der Waals surface area contributed by atoms with Crippen molar-refractivity contribution in [2.24, 2.45) is 5.10 Å². The van der Waals surface area contributed by atoms with Gasteiger partial charge >= 0.3 is 0 Å². The minimum Gasteiger partial charge on any atom is -0.388 e. The number of hydrazone groups is 1. The van der Waals surface area contributed by atoms with E-state index in [0.29, 0.717) is 22.0 Å². The van der Waals surface area contributed by atoms with Crippen LogP contribution in [0.2, 0.25) is 10.0 Å². The highest BCUT2D eigenvalue weighted by Crippen LogP contribution is 2.22. The molecule has 6 heteroatoms. The molecule has 0 heterocycles. The average molecular weight is 350 g/mol. The summed E-state index contributed by atoms with van der Waals surface area (Å²) < 4.78 is 0. The topological polar surface area (TPSA) is 53.5 Å². The number of rotatable bonds is 5. The molecule has 2 N–H and O–H groups in total. The van der Waals surface area contributed by atoms with Gasteiger partial charge in [-0.15, -0.1) is 0 Å². The maximum atomic E-state index is 12.2. The Hall–Kier alpha value is -2.04. The smallest absolute Gasteiger partial charge is 0.272 e. The minimum atomic E-state index is -0.352. The lowest BCUT2D eigenvalue weighted by molar-refractivity contribution is 0.0955. The second-order valence-electron chi connectivity index (χ2n) is 4.77. The summed E-state index contributed by atoms with van der Waals surface area (Å²) in [6.45, 7) is 1.96. The molecule has 0 radical (unpaired) electrons. The molecule has 4 nitrogen and oxygen atoms in total. The minimum absolute atomic E-state index is 0.352. The van der Waals surface area contributed by atoms with Crippen molar-refractivity contribution < 1.29 is 4.79 Å². The van der Waals surface area contributed by atoms with E-state index in [9.17, 15) is 4.79 Å². The second kappa shape index (κ2) is 7.99. The zero-order valence-electron chi connectivity index (χ0n) is 12.9. The van der Waals surface area contributed by atoms with Gasteiger partial charge in [0.1, 0.15) is 0 Å². The number of hydrogen-bond acceptors (Lipinski definition) is 3. The Morgan fingerprint density at radius 3 is 2.52 bits per heavy atom. The first kappa shape index (κ1) is 17.3. The monoisotopic (exact) mass is 349 g/mol. The van der Waals surface area contributed by atoms with Gasteiger partial charge in [-0.1, -0.05) is 42.3 Å².